The van der Waals surface area contributed by atoms with Crippen LogP contribution in [0.15, 0.2) is 36.4 Å². The van der Waals surface area contributed by atoms with E-state index in [1.165, 1.54) is 31.5 Å². The SMILES string of the molecule is Cc1cc(OCCCC(=O)Nc2ccc(CN3CCC(C)CC3)cc2)cc(C)c1Cl. The molecular weight excluding hydrogens is 396 g/mol. The first-order valence-electron chi connectivity index (χ1n) is 10.9. The Labute approximate surface area is 185 Å². The number of aryl methyl sites for hydroxylation is 2. The number of hydrogen-bond acceptors (Lipinski definition) is 3. The van der Waals surface area contributed by atoms with Crippen molar-refractivity contribution < 1.29 is 9.53 Å². The Morgan fingerprint density at radius 2 is 1.77 bits per heavy atom. The summed E-state index contributed by atoms with van der Waals surface area (Å²) in [6.07, 6.45) is 3.67. The fourth-order valence-electron chi connectivity index (χ4n) is 3.81. The van der Waals surface area contributed by atoms with Crippen molar-refractivity contribution in [3.05, 3.63) is 58.1 Å². The van der Waals surface area contributed by atoms with Gasteiger partial charge in [0.2, 0.25) is 5.91 Å². The number of ether oxygens (including phenoxy) is 1. The van der Waals surface area contributed by atoms with E-state index >= 15 is 0 Å². The monoisotopic (exact) mass is 428 g/mol. The van der Waals surface area contributed by atoms with Crippen molar-refractivity contribution >= 4 is 23.2 Å². The molecule has 5 heteroatoms. The summed E-state index contributed by atoms with van der Waals surface area (Å²) in [5.74, 6) is 1.66. The smallest absolute Gasteiger partial charge is 0.224 e. The standard InChI is InChI=1S/C25H33ClN2O2/c1-18-10-12-28(13-11-18)17-21-6-8-22(9-7-21)27-24(29)5-4-14-30-23-15-19(2)25(26)20(3)16-23/h6-9,15-16,18H,4-5,10-14,17H2,1-3H3,(H,27,29). The molecule has 0 atom stereocenters. The molecule has 1 aliphatic heterocycles. The molecular formula is C25H33ClN2O2. The number of anilines is 1. The predicted octanol–water partition coefficient (Wildman–Crippen LogP) is 5.99. The van der Waals surface area contributed by atoms with Crippen LogP contribution < -0.4 is 10.1 Å². The molecule has 1 heterocycles. The molecule has 0 saturated carbocycles. The van der Waals surface area contributed by atoms with Crippen LogP contribution in [0.25, 0.3) is 0 Å². The normalized spacial score (nSPS) is 15.2. The molecule has 1 fully saturated rings. The van der Waals surface area contributed by atoms with E-state index in [4.69, 9.17) is 16.3 Å². The van der Waals surface area contributed by atoms with E-state index < -0.39 is 0 Å². The molecule has 1 amide bonds. The zero-order chi connectivity index (χ0) is 21.5. The van der Waals surface area contributed by atoms with Gasteiger partial charge in [-0.2, -0.15) is 0 Å². The van der Waals surface area contributed by atoms with Gasteiger partial charge in [0.25, 0.3) is 0 Å². The van der Waals surface area contributed by atoms with Gasteiger partial charge in [0.15, 0.2) is 0 Å². The molecule has 0 radical (unpaired) electrons. The van der Waals surface area contributed by atoms with Crippen molar-refractivity contribution in [2.45, 2.75) is 53.0 Å². The largest absolute Gasteiger partial charge is 0.494 e. The molecule has 0 aromatic heterocycles. The number of nitrogens with one attached hydrogen (secondary N) is 1. The topological polar surface area (TPSA) is 41.6 Å². The summed E-state index contributed by atoms with van der Waals surface area (Å²) in [7, 11) is 0. The van der Waals surface area contributed by atoms with Crippen LogP contribution >= 0.6 is 11.6 Å². The van der Waals surface area contributed by atoms with E-state index in [1.807, 2.05) is 38.1 Å². The van der Waals surface area contributed by atoms with Crippen molar-refractivity contribution in [2.75, 3.05) is 25.0 Å². The van der Waals surface area contributed by atoms with Crippen molar-refractivity contribution in [1.29, 1.82) is 0 Å². The first-order chi connectivity index (χ1) is 14.4. The molecule has 0 spiro atoms. The molecule has 0 bridgehead atoms. The average Bonchev–Trinajstić information content (AvgIpc) is 2.72. The number of hydrogen-bond donors (Lipinski definition) is 1. The summed E-state index contributed by atoms with van der Waals surface area (Å²) >= 11 is 6.18. The van der Waals surface area contributed by atoms with Gasteiger partial charge >= 0.3 is 0 Å². The highest BCUT2D eigenvalue weighted by molar-refractivity contribution is 6.32. The number of rotatable bonds is 8. The third-order valence-corrected chi connectivity index (χ3v) is 6.34. The number of carbonyl (C=O) groups excluding carboxylic acids is 1. The average molecular weight is 429 g/mol. The Morgan fingerprint density at radius 3 is 2.40 bits per heavy atom. The third kappa shape index (κ3) is 6.75. The van der Waals surface area contributed by atoms with Crippen LogP contribution in [0.1, 0.15) is 49.3 Å². The molecule has 2 aromatic carbocycles. The third-order valence-electron chi connectivity index (χ3n) is 5.75. The quantitative estimate of drug-likeness (QED) is 0.525. The number of nitrogens with zero attached hydrogens (tertiary/aromatic N) is 1. The maximum Gasteiger partial charge on any atom is 0.224 e. The van der Waals surface area contributed by atoms with E-state index in [0.29, 0.717) is 19.4 Å². The number of likely N-dealkylation sites (tertiary alicyclic amines) is 1. The number of piperidine rings is 1. The predicted molar refractivity (Wildman–Crippen MR) is 124 cm³/mol. The van der Waals surface area contributed by atoms with Gasteiger partial charge in [-0.1, -0.05) is 30.7 Å². The molecule has 1 aliphatic rings. The fourth-order valence-corrected chi connectivity index (χ4v) is 3.92. The van der Waals surface area contributed by atoms with Crippen molar-refractivity contribution in [3.8, 4) is 5.75 Å². The zero-order valence-corrected chi connectivity index (χ0v) is 19.1. The van der Waals surface area contributed by atoms with E-state index in [0.717, 1.165) is 40.0 Å². The van der Waals surface area contributed by atoms with E-state index in [1.54, 1.807) is 0 Å². The van der Waals surface area contributed by atoms with Crippen molar-refractivity contribution in [2.24, 2.45) is 5.92 Å². The van der Waals surface area contributed by atoms with Crippen LogP contribution in [0, 0.1) is 19.8 Å². The first-order valence-corrected chi connectivity index (χ1v) is 11.3. The van der Waals surface area contributed by atoms with Gasteiger partial charge in [-0.05, 0) is 93.1 Å². The minimum Gasteiger partial charge on any atom is -0.494 e. The minimum absolute atomic E-state index is 0.0137. The van der Waals surface area contributed by atoms with Crippen LogP contribution in [0.4, 0.5) is 5.69 Å². The van der Waals surface area contributed by atoms with Crippen LogP contribution in [0.2, 0.25) is 5.02 Å². The van der Waals surface area contributed by atoms with Crippen molar-refractivity contribution in [3.63, 3.8) is 0 Å². The second kappa shape index (κ2) is 10.8. The highest BCUT2D eigenvalue weighted by atomic mass is 35.5. The molecule has 0 unspecified atom stereocenters. The van der Waals surface area contributed by atoms with Gasteiger partial charge in [-0.3, -0.25) is 9.69 Å². The summed E-state index contributed by atoms with van der Waals surface area (Å²) in [5, 5.41) is 3.75. The van der Waals surface area contributed by atoms with Gasteiger partial charge in [0, 0.05) is 23.7 Å². The summed E-state index contributed by atoms with van der Waals surface area (Å²) in [6, 6.07) is 12.1. The molecule has 2 aromatic rings. The summed E-state index contributed by atoms with van der Waals surface area (Å²) < 4.78 is 5.77. The number of amides is 1. The van der Waals surface area contributed by atoms with Gasteiger partial charge < -0.3 is 10.1 Å². The molecule has 162 valence electrons. The van der Waals surface area contributed by atoms with Crippen molar-refractivity contribution in [1.82, 2.24) is 4.90 Å². The molecule has 3 rings (SSSR count). The summed E-state index contributed by atoms with van der Waals surface area (Å²) in [4.78, 5) is 14.7. The van der Waals surface area contributed by atoms with Crippen LogP contribution in [0.3, 0.4) is 0 Å². The molecule has 30 heavy (non-hydrogen) atoms. The number of carbonyl (C=O) groups is 1. The lowest BCUT2D eigenvalue weighted by Gasteiger charge is -2.30. The molecule has 0 aliphatic carbocycles. The summed E-state index contributed by atoms with van der Waals surface area (Å²) in [6.45, 7) is 10.1. The highest BCUT2D eigenvalue weighted by Crippen LogP contribution is 2.26. The maximum absolute atomic E-state index is 12.2. The van der Waals surface area contributed by atoms with Crippen LogP contribution in [-0.2, 0) is 11.3 Å². The Morgan fingerprint density at radius 1 is 1.13 bits per heavy atom. The van der Waals surface area contributed by atoms with Gasteiger partial charge in [0.05, 0.1) is 6.61 Å². The number of benzene rings is 2. The molecule has 4 nitrogen and oxygen atoms in total. The van der Waals surface area contributed by atoms with E-state index in [2.05, 4.69) is 29.3 Å². The Balaban J connectivity index is 1.37. The van der Waals surface area contributed by atoms with Gasteiger partial charge in [0.1, 0.15) is 5.75 Å². The number of halogens is 1. The first kappa shape index (κ1) is 22.6. The van der Waals surface area contributed by atoms with Gasteiger partial charge in [-0.25, -0.2) is 0 Å². The minimum atomic E-state index is 0.0137. The maximum atomic E-state index is 12.2. The lowest BCUT2D eigenvalue weighted by Crippen LogP contribution is -2.32. The van der Waals surface area contributed by atoms with Gasteiger partial charge in [-0.15, -0.1) is 0 Å². The van der Waals surface area contributed by atoms with E-state index in [-0.39, 0.29) is 5.91 Å². The molecule has 1 N–H and O–H groups in total. The summed E-state index contributed by atoms with van der Waals surface area (Å²) in [5.41, 5.74) is 4.15. The Hall–Kier alpha value is -2.04. The fraction of sp³-hybridized carbons (Fsp3) is 0.480. The van der Waals surface area contributed by atoms with Crippen LogP contribution in [0.5, 0.6) is 5.75 Å². The second-order valence-electron chi connectivity index (χ2n) is 8.53. The molecule has 1 saturated heterocycles. The second-order valence-corrected chi connectivity index (χ2v) is 8.90. The Bertz CT molecular complexity index is 820. The highest BCUT2D eigenvalue weighted by Gasteiger charge is 2.15. The van der Waals surface area contributed by atoms with Crippen LogP contribution in [-0.4, -0.2) is 30.5 Å². The lowest BCUT2D eigenvalue weighted by atomic mass is 9.99. The lowest BCUT2D eigenvalue weighted by molar-refractivity contribution is -0.116. The zero-order valence-electron chi connectivity index (χ0n) is 18.3. The van der Waals surface area contributed by atoms with E-state index in [9.17, 15) is 4.79 Å². The Kier molecular flexibility index (Phi) is 8.17.